The Labute approximate surface area is 230 Å². The fourth-order valence-corrected chi connectivity index (χ4v) is 4.76. The summed E-state index contributed by atoms with van der Waals surface area (Å²) in [5, 5.41) is 0. The van der Waals surface area contributed by atoms with Gasteiger partial charge >= 0.3 is 0 Å². The number of fused-ring (bicyclic) bond motifs is 4. The zero-order valence-corrected chi connectivity index (χ0v) is 23.8. The maximum atomic E-state index is 12.3. The molecule has 0 N–H and O–H groups in total. The monoisotopic (exact) mass is 538 g/mol. The molecule has 2 aliphatic heterocycles. The summed E-state index contributed by atoms with van der Waals surface area (Å²) in [4.78, 5) is 33.6. The van der Waals surface area contributed by atoms with E-state index in [9.17, 15) is 9.59 Å². The lowest BCUT2D eigenvalue weighted by Crippen LogP contribution is -2.14. The van der Waals surface area contributed by atoms with E-state index in [1.54, 1.807) is 13.8 Å². The number of hydrogen-bond donors (Lipinski definition) is 0. The van der Waals surface area contributed by atoms with Crippen LogP contribution in [-0.4, -0.2) is 24.2 Å². The average Bonchev–Trinajstić information content (AvgIpc) is 2.95. The van der Waals surface area contributed by atoms with E-state index in [0.717, 1.165) is 39.0 Å². The van der Waals surface area contributed by atoms with E-state index in [1.165, 1.54) is 14.2 Å². The number of benzene rings is 4. The van der Waals surface area contributed by atoms with E-state index in [-0.39, 0.29) is 16.6 Å². The molecule has 0 saturated carbocycles. The first-order chi connectivity index (χ1) is 19.0. The molecule has 0 radical (unpaired) electrons. The molecule has 0 bridgehead atoms. The molecular formula is C32H30N2O6. The number of rotatable bonds is 2. The number of hydrogen-bond acceptors (Lipinski definition) is 8. The Morgan fingerprint density at radius 2 is 1.05 bits per heavy atom. The van der Waals surface area contributed by atoms with Crippen molar-refractivity contribution in [2.75, 3.05) is 14.2 Å². The highest BCUT2D eigenvalue weighted by Gasteiger charge is 2.26. The Kier molecular flexibility index (Phi) is 6.79. The van der Waals surface area contributed by atoms with Gasteiger partial charge in [0.15, 0.2) is 39.6 Å². The smallest absolute Gasteiger partial charge is 0.231 e. The third kappa shape index (κ3) is 4.35. The highest BCUT2D eigenvalue weighted by molar-refractivity contribution is 5.81. The summed E-state index contributed by atoms with van der Waals surface area (Å²) >= 11 is 0. The first-order valence-electron chi connectivity index (χ1n) is 12.8. The minimum atomic E-state index is -0.251. The van der Waals surface area contributed by atoms with E-state index >= 15 is 0 Å². The van der Waals surface area contributed by atoms with Gasteiger partial charge < -0.3 is 18.3 Å². The molecule has 2 aromatic rings. The summed E-state index contributed by atoms with van der Waals surface area (Å²) < 4.78 is 22.3. The van der Waals surface area contributed by atoms with Gasteiger partial charge in [-0.3, -0.25) is 9.59 Å². The summed E-state index contributed by atoms with van der Waals surface area (Å²) in [6, 6.07) is 11.6. The number of ether oxygens (including phenoxy) is 2. The van der Waals surface area contributed by atoms with Gasteiger partial charge in [-0.05, 0) is 82.5 Å². The second-order valence-electron chi connectivity index (χ2n) is 9.95. The fourth-order valence-electron chi connectivity index (χ4n) is 4.76. The molecule has 0 aromatic heterocycles. The SMILES string of the molecule is COc1c2nc3ccc(C)cc3oc-2c(C)c(=O)c1OC.Cc1ccc2nc3c(C)c(C)c(=O)c(C)c-3oc2c1. The zero-order valence-electron chi connectivity index (χ0n) is 23.8. The molecule has 2 aromatic carbocycles. The van der Waals surface area contributed by atoms with Crippen molar-refractivity contribution in [3.05, 3.63) is 90.2 Å². The first kappa shape index (κ1) is 26.9. The van der Waals surface area contributed by atoms with Crippen LogP contribution >= 0.6 is 0 Å². The van der Waals surface area contributed by atoms with Crippen LogP contribution in [-0.2, 0) is 0 Å². The molecule has 0 saturated heterocycles. The largest absolute Gasteiger partial charge is 0.491 e. The number of methoxy groups -OCH3 is 2. The van der Waals surface area contributed by atoms with Crippen molar-refractivity contribution >= 4 is 22.2 Å². The molecule has 2 heterocycles. The fraction of sp³-hybridized carbons (Fsp3) is 0.250. The molecular weight excluding hydrogens is 508 g/mol. The molecule has 2 aliphatic carbocycles. The Bertz CT molecular complexity index is 1990. The van der Waals surface area contributed by atoms with Crippen molar-refractivity contribution in [1.82, 2.24) is 9.97 Å². The number of nitrogens with zero attached hydrogens (tertiary/aromatic N) is 2. The maximum Gasteiger partial charge on any atom is 0.231 e. The van der Waals surface area contributed by atoms with Gasteiger partial charge in [0, 0.05) is 16.7 Å². The summed E-state index contributed by atoms with van der Waals surface area (Å²) in [6.45, 7) is 11.2. The molecule has 0 amide bonds. The van der Waals surface area contributed by atoms with Gasteiger partial charge in [0.05, 0.1) is 14.2 Å². The summed E-state index contributed by atoms with van der Waals surface area (Å²) in [5.41, 5.74) is 8.86. The van der Waals surface area contributed by atoms with Gasteiger partial charge in [-0.15, -0.1) is 0 Å². The predicted octanol–water partition coefficient (Wildman–Crippen LogP) is 6.45. The van der Waals surface area contributed by atoms with Crippen LogP contribution < -0.4 is 20.3 Å². The summed E-state index contributed by atoms with van der Waals surface area (Å²) in [5.74, 6) is 1.48. The lowest BCUT2D eigenvalue weighted by atomic mass is 9.99. The van der Waals surface area contributed by atoms with Crippen molar-refractivity contribution in [2.45, 2.75) is 41.5 Å². The van der Waals surface area contributed by atoms with Crippen molar-refractivity contribution in [3.63, 3.8) is 0 Å². The molecule has 6 rings (SSSR count). The van der Waals surface area contributed by atoms with Crippen LogP contribution in [0, 0.1) is 41.5 Å². The van der Waals surface area contributed by atoms with Crippen LogP contribution in [0.2, 0.25) is 0 Å². The third-order valence-electron chi connectivity index (χ3n) is 7.21. The Balaban J connectivity index is 0.000000162. The Morgan fingerprint density at radius 3 is 1.57 bits per heavy atom. The van der Waals surface area contributed by atoms with E-state index < -0.39 is 0 Å². The van der Waals surface area contributed by atoms with Crippen LogP contribution in [0.15, 0.2) is 54.8 Å². The molecule has 0 spiro atoms. The quantitative estimate of drug-likeness (QED) is 0.232. The highest BCUT2D eigenvalue weighted by atomic mass is 16.5. The lowest BCUT2D eigenvalue weighted by molar-refractivity contribution is 0.350. The van der Waals surface area contributed by atoms with Gasteiger partial charge in [-0.1, -0.05) is 12.1 Å². The molecule has 40 heavy (non-hydrogen) atoms. The van der Waals surface area contributed by atoms with Crippen LogP contribution in [0.3, 0.4) is 0 Å². The second-order valence-corrected chi connectivity index (χ2v) is 9.95. The van der Waals surface area contributed by atoms with Crippen LogP contribution in [0.25, 0.3) is 45.1 Å². The van der Waals surface area contributed by atoms with Crippen molar-refractivity contribution < 1.29 is 18.3 Å². The maximum absolute atomic E-state index is 12.3. The van der Waals surface area contributed by atoms with Crippen molar-refractivity contribution in [2.24, 2.45) is 0 Å². The normalized spacial score (nSPS) is 11.2. The molecule has 0 unspecified atom stereocenters. The minimum absolute atomic E-state index is 0.0440. The van der Waals surface area contributed by atoms with E-state index in [0.29, 0.717) is 45.2 Å². The first-order valence-corrected chi connectivity index (χ1v) is 12.8. The predicted molar refractivity (Wildman–Crippen MR) is 155 cm³/mol. The van der Waals surface area contributed by atoms with E-state index in [1.807, 2.05) is 64.1 Å². The zero-order chi connectivity index (χ0) is 28.9. The average molecular weight is 539 g/mol. The van der Waals surface area contributed by atoms with Crippen LogP contribution in [0.4, 0.5) is 0 Å². The number of aromatic nitrogens is 2. The molecule has 204 valence electrons. The minimum Gasteiger partial charge on any atom is -0.491 e. The van der Waals surface area contributed by atoms with Crippen LogP contribution in [0.5, 0.6) is 11.5 Å². The van der Waals surface area contributed by atoms with Crippen LogP contribution in [0.1, 0.15) is 33.4 Å². The topological polar surface area (TPSA) is 105 Å². The van der Waals surface area contributed by atoms with Gasteiger partial charge in [-0.25, -0.2) is 9.97 Å². The van der Waals surface area contributed by atoms with Gasteiger partial charge in [0.2, 0.25) is 11.2 Å². The lowest BCUT2D eigenvalue weighted by Gasteiger charge is -2.15. The van der Waals surface area contributed by atoms with Gasteiger partial charge in [0.25, 0.3) is 0 Å². The summed E-state index contributed by atoms with van der Waals surface area (Å²) in [7, 11) is 2.92. The van der Waals surface area contributed by atoms with Crippen molar-refractivity contribution in [3.8, 4) is 34.4 Å². The molecule has 0 fully saturated rings. The molecule has 4 aliphatic rings. The number of aryl methyl sites for hydroxylation is 2. The molecule has 0 atom stereocenters. The third-order valence-corrected chi connectivity index (χ3v) is 7.21. The Hall–Kier alpha value is -4.72. The van der Waals surface area contributed by atoms with E-state index in [4.69, 9.17) is 18.3 Å². The highest BCUT2D eigenvalue weighted by Crippen LogP contribution is 2.39. The summed E-state index contributed by atoms with van der Waals surface area (Å²) in [6.07, 6.45) is 0. The van der Waals surface area contributed by atoms with Gasteiger partial charge in [0.1, 0.15) is 16.7 Å². The molecule has 8 nitrogen and oxygen atoms in total. The Morgan fingerprint density at radius 1 is 0.575 bits per heavy atom. The van der Waals surface area contributed by atoms with Crippen molar-refractivity contribution in [1.29, 1.82) is 0 Å². The second kappa shape index (κ2) is 10.1. The van der Waals surface area contributed by atoms with E-state index in [2.05, 4.69) is 9.97 Å². The van der Waals surface area contributed by atoms with Gasteiger partial charge in [-0.2, -0.15) is 0 Å². The molecule has 8 heteroatoms. The standard InChI is InChI=1S/C16H15NO4.C16H15NO2/c1-8-5-6-10-11(7-8)21-14-9(2)13(18)16(20-4)15(19-3)12(14)17-10;1-8-5-6-12-13(7-8)19-16-11(4)15(18)10(3)9(2)14(16)17-12/h5-7H,1-4H3;5-7H,1-4H3.